The number of nitrogens with two attached hydrogens (primary N) is 1. The highest BCUT2D eigenvalue weighted by molar-refractivity contribution is 9.10. The van der Waals surface area contributed by atoms with E-state index in [-0.39, 0.29) is 10.8 Å². The van der Waals surface area contributed by atoms with Gasteiger partial charge >= 0.3 is 0 Å². The molecule has 5 heteroatoms. The molecule has 0 saturated heterocycles. The van der Waals surface area contributed by atoms with Crippen molar-refractivity contribution in [3.8, 4) is 0 Å². The van der Waals surface area contributed by atoms with E-state index in [0.717, 1.165) is 10.0 Å². The quantitative estimate of drug-likeness (QED) is 0.847. The first-order valence-electron chi connectivity index (χ1n) is 6.02. The zero-order chi connectivity index (χ0) is 14.7. The fourth-order valence-electron chi connectivity index (χ4n) is 1.92. The van der Waals surface area contributed by atoms with Gasteiger partial charge in [-0.25, -0.2) is 4.39 Å². The molecule has 0 atom stereocenters. The van der Waals surface area contributed by atoms with Gasteiger partial charge in [-0.15, -0.1) is 0 Å². The molecule has 2 N–H and O–H groups in total. The maximum atomic E-state index is 14.1. The summed E-state index contributed by atoms with van der Waals surface area (Å²) in [5.74, 6) is -0.324. The van der Waals surface area contributed by atoms with Gasteiger partial charge in [-0.2, -0.15) is 0 Å². The second-order valence-electron chi connectivity index (χ2n) is 4.51. The molecule has 104 valence electrons. The van der Waals surface area contributed by atoms with Crippen molar-refractivity contribution in [3.05, 3.63) is 63.9 Å². The lowest BCUT2D eigenvalue weighted by molar-refractivity contribution is 0.622. The molecular formula is C15H14BrFN2S. The van der Waals surface area contributed by atoms with Crippen molar-refractivity contribution in [1.29, 1.82) is 0 Å². The second kappa shape index (κ2) is 6.33. The highest BCUT2D eigenvalue weighted by Gasteiger charge is 2.10. The Morgan fingerprint density at radius 2 is 1.90 bits per heavy atom. The zero-order valence-electron chi connectivity index (χ0n) is 10.9. The molecule has 0 bridgehead atoms. The number of benzene rings is 2. The number of hydrogen-bond acceptors (Lipinski definition) is 2. The molecule has 0 aliphatic heterocycles. The third-order valence-electron chi connectivity index (χ3n) is 2.98. The Morgan fingerprint density at radius 1 is 1.25 bits per heavy atom. The monoisotopic (exact) mass is 352 g/mol. The molecule has 0 unspecified atom stereocenters. The van der Waals surface area contributed by atoms with E-state index in [1.54, 1.807) is 12.1 Å². The summed E-state index contributed by atoms with van der Waals surface area (Å²) in [6.07, 6.45) is 0. The molecule has 0 spiro atoms. The van der Waals surface area contributed by atoms with E-state index in [0.29, 0.717) is 17.8 Å². The van der Waals surface area contributed by atoms with Gasteiger partial charge < -0.3 is 10.6 Å². The summed E-state index contributed by atoms with van der Waals surface area (Å²) in [6, 6.07) is 12.7. The summed E-state index contributed by atoms with van der Waals surface area (Å²) in [5.41, 5.74) is 7.66. The van der Waals surface area contributed by atoms with Crippen LogP contribution in [-0.2, 0) is 6.54 Å². The van der Waals surface area contributed by atoms with Crippen LogP contribution < -0.4 is 10.6 Å². The molecule has 2 aromatic rings. The van der Waals surface area contributed by atoms with Crippen molar-refractivity contribution in [2.45, 2.75) is 6.54 Å². The lowest BCUT2D eigenvalue weighted by atomic mass is 10.1. The van der Waals surface area contributed by atoms with Crippen molar-refractivity contribution < 1.29 is 4.39 Å². The van der Waals surface area contributed by atoms with Crippen LogP contribution in [0.1, 0.15) is 11.1 Å². The summed E-state index contributed by atoms with van der Waals surface area (Å²) in [4.78, 5) is 2.05. The van der Waals surface area contributed by atoms with E-state index in [9.17, 15) is 4.39 Å². The van der Waals surface area contributed by atoms with Crippen molar-refractivity contribution >= 4 is 38.8 Å². The fourth-order valence-corrected chi connectivity index (χ4v) is 2.31. The van der Waals surface area contributed by atoms with E-state index in [4.69, 9.17) is 18.0 Å². The van der Waals surface area contributed by atoms with Gasteiger partial charge in [0.2, 0.25) is 0 Å². The Bertz CT molecular complexity index is 628. The van der Waals surface area contributed by atoms with Gasteiger partial charge in [0.05, 0.1) is 5.69 Å². The van der Waals surface area contributed by atoms with Crippen LogP contribution in [0, 0.1) is 5.82 Å². The molecule has 2 aromatic carbocycles. The topological polar surface area (TPSA) is 29.3 Å². The summed E-state index contributed by atoms with van der Waals surface area (Å²) >= 11 is 8.23. The van der Waals surface area contributed by atoms with Crippen molar-refractivity contribution in [2.75, 3.05) is 11.9 Å². The minimum atomic E-state index is -0.324. The number of hydrogen-bond donors (Lipinski definition) is 1. The summed E-state index contributed by atoms with van der Waals surface area (Å²) in [6.45, 7) is 0.622. The molecule has 0 heterocycles. The molecule has 2 rings (SSSR count). The Labute approximate surface area is 131 Å². The first-order chi connectivity index (χ1) is 9.47. The average molecular weight is 353 g/mol. The number of thiocarbonyl (C=S) groups is 1. The predicted octanol–water partition coefficient (Wildman–Crippen LogP) is 3.86. The van der Waals surface area contributed by atoms with Crippen LogP contribution in [0.3, 0.4) is 0 Å². The lowest BCUT2D eigenvalue weighted by Gasteiger charge is -2.20. The third kappa shape index (κ3) is 3.55. The second-order valence-corrected chi connectivity index (χ2v) is 5.87. The van der Waals surface area contributed by atoms with E-state index in [2.05, 4.69) is 15.9 Å². The van der Waals surface area contributed by atoms with Crippen molar-refractivity contribution in [3.63, 3.8) is 0 Å². The Balaban J connectivity index is 2.18. The molecular weight excluding hydrogens is 339 g/mol. The smallest absolute Gasteiger partial charge is 0.147 e. The normalized spacial score (nSPS) is 10.3. The SMILES string of the molecule is CN(Cc1ccc(Br)cc1)c1ccc(C(N)=S)cc1F. The maximum absolute atomic E-state index is 14.1. The highest BCUT2D eigenvalue weighted by atomic mass is 79.9. The van der Waals surface area contributed by atoms with Crippen molar-refractivity contribution in [1.82, 2.24) is 0 Å². The first-order valence-corrected chi connectivity index (χ1v) is 7.22. The first kappa shape index (κ1) is 14.9. The summed E-state index contributed by atoms with van der Waals surface area (Å²) in [7, 11) is 1.85. The van der Waals surface area contributed by atoms with Crippen LogP contribution in [0.2, 0.25) is 0 Å². The summed E-state index contributed by atoms with van der Waals surface area (Å²) < 4.78 is 15.1. The van der Waals surface area contributed by atoms with Gasteiger partial charge in [-0.05, 0) is 35.9 Å². The van der Waals surface area contributed by atoms with Crippen LogP contribution in [0.4, 0.5) is 10.1 Å². The zero-order valence-corrected chi connectivity index (χ0v) is 13.3. The van der Waals surface area contributed by atoms with Crippen LogP contribution in [0.25, 0.3) is 0 Å². The maximum Gasteiger partial charge on any atom is 0.147 e. The minimum Gasteiger partial charge on any atom is -0.389 e. The molecule has 0 aliphatic carbocycles. The summed E-state index contributed by atoms with van der Waals surface area (Å²) in [5, 5.41) is 0. The van der Waals surface area contributed by atoms with Crippen LogP contribution in [0.5, 0.6) is 0 Å². The lowest BCUT2D eigenvalue weighted by Crippen LogP contribution is -2.18. The molecule has 0 fully saturated rings. The van der Waals surface area contributed by atoms with E-state index < -0.39 is 0 Å². The highest BCUT2D eigenvalue weighted by Crippen LogP contribution is 2.22. The largest absolute Gasteiger partial charge is 0.389 e. The van der Waals surface area contributed by atoms with E-state index in [1.165, 1.54) is 6.07 Å². The van der Waals surface area contributed by atoms with Gasteiger partial charge in [0.25, 0.3) is 0 Å². The van der Waals surface area contributed by atoms with Gasteiger partial charge in [0.1, 0.15) is 10.8 Å². The van der Waals surface area contributed by atoms with Crippen LogP contribution in [0.15, 0.2) is 46.9 Å². The molecule has 0 amide bonds. The molecule has 0 radical (unpaired) electrons. The predicted molar refractivity (Wildman–Crippen MR) is 88.5 cm³/mol. The van der Waals surface area contributed by atoms with Gasteiger partial charge in [-0.3, -0.25) is 0 Å². The molecule has 0 aliphatic rings. The standard InChI is InChI=1S/C15H14BrFN2S/c1-19(9-10-2-5-12(16)6-3-10)14-7-4-11(15(18)20)8-13(14)17/h2-8H,9H2,1H3,(H2,18,20). The fraction of sp³-hybridized carbons (Fsp3) is 0.133. The van der Waals surface area contributed by atoms with E-state index >= 15 is 0 Å². The Hall–Kier alpha value is -1.46. The van der Waals surface area contributed by atoms with Gasteiger partial charge in [-0.1, -0.05) is 40.3 Å². The average Bonchev–Trinajstić information content (AvgIpc) is 2.41. The van der Waals surface area contributed by atoms with Crippen molar-refractivity contribution in [2.24, 2.45) is 5.73 Å². The molecule has 0 saturated carbocycles. The Kier molecular flexibility index (Phi) is 4.73. The van der Waals surface area contributed by atoms with Crippen LogP contribution in [-0.4, -0.2) is 12.0 Å². The number of halogens is 2. The minimum absolute atomic E-state index is 0.200. The number of nitrogens with zero attached hydrogens (tertiary/aromatic N) is 1. The number of rotatable bonds is 4. The van der Waals surface area contributed by atoms with Gasteiger partial charge in [0.15, 0.2) is 0 Å². The van der Waals surface area contributed by atoms with Crippen LogP contribution >= 0.6 is 28.1 Å². The molecule has 20 heavy (non-hydrogen) atoms. The molecule has 2 nitrogen and oxygen atoms in total. The van der Waals surface area contributed by atoms with E-state index in [1.807, 2.05) is 36.2 Å². The molecule has 0 aromatic heterocycles. The Morgan fingerprint density at radius 3 is 2.45 bits per heavy atom. The van der Waals surface area contributed by atoms with Gasteiger partial charge in [0, 0.05) is 23.6 Å². The number of anilines is 1. The third-order valence-corrected chi connectivity index (χ3v) is 3.74.